The van der Waals surface area contributed by atoms with Crippen LogP contribution in [-0.2, 0) is 0 Å². The highest BCUT2D eigenvalue weighted by atomic mass is 15.2. The summed E-state index contributed by atoms with van der Waals surface area (Å²) < 4.78 is 0. The van der Waals surface area contributed by atoms with E-state index < -0.39 is 0 Å². The Labute approximate surface area is 89.3 Å². The molecule has 3 nitrogen and oxygen atoms in total. The van der Waals surface area contributed by atoms with Crippen molar-refractivity contribution in [2.45, 2.75) is 19.4 Å². The zero-order chi connectivity index (χ0) is 10.7. The molecule has 0 saturated heterocycles. The van der Waals surface area contributed by atoms with Gasteiger partial charge in [0.2, 0.25) is 0 Å². The monoisotopic (exact) mass is 201 g/mol. The maximum Gasteiger partial charge on any atom is 0.0705 e. The second kappa shape index (κ2) is 4.38. The Morgan fingerprint density at radius 3 is 2.93 bits per heavy atom. The average molecular weight is 201 g/mol. The first-order chi connectivity index (χ1) is 7.36. The number of fused-ring (bicyclic) bond motifs is 1. The number of aromatic nitrogens is 1. The summed E-state index contributed by atoms with van der Waals surface area (Å²) in [5, 5.41) is 1.17. The van der Waals surface area contributed by atoms with E-state index in [9.17, 15) is 0 Å². The highest BCUT2D eigenvalue weighted by Crippen LogP contribution is 2.24. The molecule has 15 heavy (non-hydrogen) atoms. The molecule has 1 heterocycles. The summed E-state index contributed by atoms with van der Waals surface area (Å²) in [7, 11) is 0. The fourth-order valence-electron chi connectivity index (χ4n) is 1.86. The van der Waals surface area contributed by atoms with Crippen LogP contribution >= 0.6 is 0 Å². The van der Waals surface area contributed by atoms with Gasteiger partial charge in [-0.1, -0.05) is 25.1 Å². The van der Waals surface area contributed by atoms with Crippen LogP contribution in [0.1, 0.15) is 24.9 Å². The van der Waals surface area contributed by atoms with Crippen molar-refractivity contribution in [1.29, 1.82) is 0 Å². The van der Waals surface area contributed by atoms with Crippen LogP contribution in [0, 0.1) is 0 Å². The van der Waals surface area contributed by atoms with E-state index in [-0.39, 0.29) is 6.04 Å². The van der Waals surface area contributed by atoms with Gasteiger partial charge in [-0.2, -0.15) is 0 Å². The van der Waals surface area contributed by atoms with E-state index in [1.165, 1.54) is 10.9 Å². The lowest BCUT2D eigenvalue weighted by molar-refractivity contribution is 0.542. The van der Waals surface area contributed by atoms with Crippen LogP contribution in [0.2, 0.25) is 0 Å². The average Bonchev–Trinajstić information content (AvgIpc) is 2.31. The number of benzene rings is 1. The minimum Gasteiger partial charge on any atom is -0.271 e. The van der Waals surface area contributed by atoms with E-state index in [1.54, 1.807) is 0 Å². The van der Waals surface area contributed by atoms with Crippen LogP contribution in [0.15, 0.2) is 36.5 Å². The number of nitrogens with zero attached hydrogens (tertiary/aromatic N) is 1. The van der Waals surface area contributed by atoms with Gasteiger partial charge in [-0.15, -0.1) is 0 Å². The molecule has 0 aliphatic carbocycles. The molecule has 0 spiro atoms. The number of pyridine rings is 1. The minimum absolute atomic E-state index is 0.192. The van der Waals surface area contributed by atoms with Crippen molar-refractivity contribution in [3.05, 3.63) is 42.1 Å². The number of hydrogen-bond acceptors (Lipinski definition) is 3. The summed E-state index contributed by atoms with van der Waals surface area (Å²) in [5.41, 5.74) is 5.06. The van der Waals surface area contributed by atoms with Crippen molar-refractivity contribution in [1.82, 2.24) is 10.4 Å². The van der Waals surface area contributed by atoms with Crippen LogP contribution in [-0.4, -0.2) is 4.98 Å². The topological polar surface area (TPSA) is 50.9 Å². The Morgan fingerprint density at radius 1 is 1.33 bits per heavy atom. The third kappa shape index (κ3) is 1.84. The lowest BCUT2D eigenvalue weighted by Gasteiger charge is -2.15. The van der Waals surface area contributed by atoms with E-state index in [0.717, 1.165) is 11.9 Å². The predicted octanol–water partition coefficient (Wildman–Crippen LogP) is 2.15. The van der Waals surface area contributed by atoms with Crippen molar-refractivity contribution in [2.75, 3.05) is 0 Å². The second-order valence-corrected chi connectivity index (χ2v) is 3.54. The first-order valence-electron chi connectivity index (χ1n) is 5.16. The fourth-order valence-corrected chi connectivity index (χ4v) is 1.86. The third-order valence-corrected chi connectivity index (χ3v) is 2.66. The molecule has 0 bridgehead atoms. The summed E-state index contributed by atoms with van der Waals surface area (Å²) in [4.78, 5) is 4.32. The molecule has 2 aromatic rings. The lowest BCUT2D eigenvalue weighted by atomic mass is 10.00. The van der Waals surface area contributed by atoms with Gasteiger partial charge in [0.1, 0.15) is 0 Å². The fraction of sp³-hybridized carbons (Fsp3) is 0.250. The van der Waals surface area contributed by atoms with Gasteiger partial charge in [0.15, 0.2) is 0 Å². The molecule has 0 saturated carbocycles. The number of hydrazine groups is 1. The normalized spacial score (nSPS) is 12.9. The maximum atomic E-state index is 5.54. The van der Waals surface area contributed by atoms with Gasteiger partial charge in [-0.3, -0.25) is 16.3 Å². The first kappa shape index (κ1) is 10.1. The molecule has 0 aliphatic heterocycles. The summed E-state index contributed by atoms with van der Waals surface area (Å²) in [6.07, 6.45) is 2.77. The van der Waals surface area contributed by atoms with Crippen LogP contribution in [0.4, 0.5) is 0 Å². The number of nitrogens with one attached hydrogen (secondary N) is 1. The van der Waals surface area contributed by atoms with Gasteiger partial charge < -0.3 is 0 Å². The van der Waals surface area contributed by atoms with Crippen molar-refractivity contribution in [2.24, 2.45) is 5.84 Å². The molecule has 3 N–H and O–H groups in total. The molecule has 0 aliphatic rings. The predicted molar refractivity (Wildman–Crippen MR) is 62.1 cm³/mol. The summed E-state index contributed by atoms with van der Waals surface area (Å²) in [6.45, 7) is 2.11. The highest BCUT2D eigenvalue weighted by molar-refractivity contribution is 5.82. The number of nitrogens with two attached hydrogens (primary N) is 1. The molecular weight excluding hydrogens is 186 g/mol. The smallest absolute Gasteiger partial charge is 0.0705 e. The molecule has 2 rings (SSSR count). The van der Waals surface area contributed by atoms with Gasteiger partial charge in [0.05, 0.1) is 5.52 Å². The zero-order valence-electron chi connectivity index (χ0n) is 8.77. The number of rotatable bonds is 3. The van der Waals surface area contributed by atoms with Crippen LogP contribution < -0.4 is 11.3 Å². The quantitative estimate of drug-likeness (QED) is 0.591. The van der Waals surface area contributed by atoms with E-state index in [1.807, 2.05) is 24.4 Å². The molecule has 3 heteroatoms. The Kier molecular flexibility index (Phi) is 2.94. The third-order valence-electron chi connectivity index (χ3n) is 2.66. The highest BCUT2D eigenvalue weighted by Gasteiger charge is 2.10. The molecule has 1 atom stereocenters. The Hall–Kier alpha value is -1.45. The molecular formula is C12H15N3. The Balaban J connectivity index is 2.59. The molecule has 78 valence electrons. The van der Waals surface area contributed by atoms with Crippen LogP contribution in [0.5, 0.6) is 0 Å². The molecule has 0 fully saturated rings. The van der Waals surface area contributed by atoms with Crippen LogP contribution in [0.25, 0.3) is 10.9 Å². The van der Waals surface area contributed by atoms with Crippen molar-refractivity contribution in [3.63, 3.8) is 0 Å². The summed E-state index contributed by atoms with van der Waals surface area (Å²) in [5.74, 6) is 5.54. The van der Waals surface area contributed by atoms with E-state index in [0.29, 0.717) is 0 Å². The maximum absolute atomic E-state index is 5.54. The van der Waals surface area contributed by atoms with Crippen LogP contribution in [0.3, 0.4) is 0 Å². The van der Waals surface area contributed by atoms with Gasteiger partial charge in [-0.05, 0) is 24.1 Å². The first-order valence-corrected chi connectivity index (χ1v) is 5.16. The standard InChI is InChI=1S/C12H15N3/c1-2-11(15-13)9-5-3-7-12-10(9)6-4-8-14-12/h3-8,11,15H,2,13H2,1H3. The minimum atomic E-state index is 0.192. The second-order valence-electron chi connectivity index (χ2n) is 3.54. The molecule has 0 radical (unpaired) electrons. The Morgan fingerprint density at radius 2 is 2.20 bits per heavy atom. The summed E-state index contributed by atoms with van der Waals surface area (Å²) >= 11 is 0. The molecule has 1 aromatic carbocycles. The van der Waals surface area contributed by atoms with Gasteiger partial charge in [0, 0.05) is 17.6 Å². The van der Waals surface area contributed by atoms with Crippen molar-refractivity contribution < 1.29 is 0 Å². The van der Waals surface area contributed by atoms with E-state index in [2.05, 4.69) is 29.5 Å². The zero-order valence-corrected chi connectivity index (χ0v) is 8.77. The van der Waals surface area contributed by atoms with Gasteiger partial charge in [0.25, 0.3) is 0 Å². The molecule has 1 aromatic heterocycles. The number of hydrogen-bond donors (Lipinski definition) is 2. The van der Waals surface area contributed by atoms with Crippen molar-refractivity contribution in [3.8, 4) is 0 Å². The van der Waals surface area contributed by atoms with Gasteiger partial charge in [-0.25, -0.2) is 0 Å². The Bertz CT molecular complexity index is 444. The lowest BCUT2D eigenvalue weighted by Crippen LogP contribution is -2.27. The SMILES string of the molecule is CCC(NN)c1cccc2ncccc12. The van der Waals surface area contributed by atoms with Crippen molar-refractivity contribution >= 4 is 10.9 Å². The summed E-state index contributed by atoms with van der Waals surface area (Å²) in [6, 6.07) is 10.4. The van der Waals surface area contributed by atoms with E-state index in [4.69, 9.17) is 5.84 Å². The molecule has 0 amide bonds. The largest absolute Gasteiger partial charge is 0.271 e. The van der Waals surface area contributed by atoms with E-state index >= 15 is 0 Å². The molecule has 1 unspecified atom stereocenters. The van der Waals surface area contributed by atoms with Gasteiger partial charge >= 0.3 is 0 Å².